The van der Waals surface area contributed by atoms with E-state index in [0.29, 0.717) is 36.1 Å². The van der Waals surface area contributed by atoms with E-state index in [-0.39, 0.29) is 5.56 Å². The minimum Gasteiger partial charge on any atom is -0.496 e. The molecule has 1 amide bonds. The largest absolute Gasteiger partial charge is 0.496 e. The summed E-state index contributed by atoms with van der Waals surface area (Å²) in [6, 6.07) is 10.2. The lowest BCUT2D eigenvalue weighted by molar-refractivity contribution is -0.119. The average Bonchev–Trinajstić information content (AvgIpc) is 2.66. The molecule has 0 atom stereocenters. The molecule has 0 bridgehead atoms. The van der Waals surface area contributed by atoms with E-state index in [1.54, 1.807) is 30.3 Å². The van der Waals surface area contributed by atoms with Gasteiger partial charge in [0.1, 0.15) is 24.5 Å². The van der Waals surface area contributed by atoms with Crippen LogP contribution in [0.15, 0.2) is 36.4 Å². The number of carbonyl (C=O) groups is 2. The van der Waals surface area contributed by atoms with Gasteiger partial charge in [-0.2, -0.15) is 0 Å². The first-order valence-corrected chi connectivity index (χ1v) is 8.08. The summed E-state index contributed by atoms with van der Waals surface area (Å²) in [5.74, 6) is 0.514. The van der Waals surface area contributed by atoms with E-state index in [2.05, 4.69) is 5.32 Å². The zero-order valence-corrected chi connectivity index (χ0v) is 14.5. The highest BCUT2D eigenvalue weighted by Gasteiger charge is 2.17. The lowest BCUT2D eigenvalue weighted by Crippen LogP contribution is -2.21. The topological polar surface area (TPSA) is 83.1 Å². The zero-order chi connectivity index (χ0) is 18.5. The number of nitrogens with one attached hydrogen (secondary N) is 1. The third-order valence-electron chi connectivity index (χ3n) is 3.74. The summed E-state index contributed by atoms with van der Waals surface area (Å²) in [5.41, 5.74) is 1.70. The van der Waals surface area contributed by atoms with Crippen LogP contribution < -0.4 is 19.5 Å². The highest BCUT2D eigenvalue weighted by atomic mass is 16.6. The van der Waals surface area contributed by atoms with Gasteiger partial charge in [0.2, 0.25) is 0 Å². The number of hydrogen-bond donors (Lipinski definition) is 1. The molecule has 1 heterocycles. The van der Waals surface area contributed by atoms with Gasteiger partial charge in [-0.3, -0.25) is 4.79 Å². The van der Waals surface area contributed by atoms with E-state index in [1.165, 1.54) is 7.11 Å². The van der Waals surface area contributed by atoms with Gasteiger partial charge in [-0.05, 0) is 31.2 Å². The van der Waals surface area contributed by atoms with E-state index in [0.717, 1.165) is 5.56 Å². The van der Waals surface area contributed by atoms with Crippen LogP contribution in [-0.2, 0) is 9.53 Å². The van der Waals surface area contributed by atoms with Gasteiger partial charge >= 0.3 is 5.97 Å². The molecule has 2 aromatic rings. The van der Waals surface area contributed by atoms with Gasteiger partial charge in [0.25, 0.3) is 5.91 Å². The molecule has 0 unspecified atom stereocenters. The van der Waals surface area contributed by atoms with Crippen molar-refractivity contribution in [2.75, 3.05) is 32.2 Å². The highest BCUT2D eigenvalue weighted by molar-refractivity contribution is 5.97. The summed E-state index contributed by atoms with van der Waals surface area (Å²) < 4.78 is 21.1. The van der Waals surface area contributed by atoms with Crippen LogP contribution in [0, 0.1) is 6.92 Å². The van der Waals surface area contributed by atoms with E-state index in [4.69, 9.17) is 18.9 Å². The summed E-state index contributed by atoms with van der Waals surface area (Å²) in [4.78, 5) is 24.3. The van der Waals surface area contributed by atoms with Crippen molar-refractivity contribution in [1.82, 2.24) is 0 Å². The molecular weight excluding hydrogens is 338 g/mol. The fraction of sp³-hybridized carbons (Fsp3) is 0.263. The number of rotatable bonds is 5. The molecule has 3 rings (SSSR count). The predicted molar refractivity (Wildman–Crippen MR) is 94.1 cm³/mol. The van der Waals surface area contributed by atoms with Crippen molar-refractivity contribution in [2.45, 2.75) is 6.92 Å². The van der Waals surface area contributed by atoms with Gasteiger partial charge in [0.05, 0.1) is 7.11 Å². The van der Waals surface area contributed by atoms with Gasteiger partial charge in [0, 0.05) is 11.8 Å². The van der Waals surface area contributed by atoms with Crippen LogP contribution in [0.3, 0.4) is 0 Å². The molecule has 0 radical (unpaired) electrons. The fourth-order valence-corrected chi connectivity index (χ4v) is 2.51. The summed E-state index contributed by atoms with van der Waals surface area (Å²) in [6.45, 7) is 2.40. The minimum absolute atomic E-state index is 0.277. The molecule has 0 aromatic heterocycles. The summed E-state index contributed by atoms with van der Waals surface area (Å²) in [5, 5.41) is 2.66. The Morgan fingerprint density at radius 2 is 1.85 bits per heavy atom. The van der Waals surface area contributed by atoms with Crippen LogP contribution in [0.4, 0.5) is 5.69 Å². The number of benzene rings is 2. The van der Waals surface area contributed by atoms with Crippen LogP contribution in [-0.4, -0.2) is 38.8 Å². The number of amides is 1. The van der Waals surface area contributed by atoms with Crippen molar-refractivity contribution < 1.29 is 28.5 Å². The van der Waals surface area contributed by atoms with Gasteiger partial charge < -0.3 is 24.3 Å². The Labute approximate surface area is 150 Å². The Kier molecular flexibility index (Phi) is 5.26. The molecule has 1 N–H and O–H groups in total. The van der Waals surface area contributed by atoms with Gasteiger partial charge in [-0.25, -0.2) is 4.79 Å². The first-order valence-electron chi connectivity index (χ1n) is 8.08. The monoisotopic (exact) mass is 357 g/mol. The molecule has 0 saturated carbocycles. The molecule has 7 heteroatoms. The number of methoxy groups -OCH3 is 1. The molecule has 0 aliphatic carbocycles. The maximum Gasteiger partial charge on any atom is 0.342 e. The molecule has 7 nitrogen and oxygen atoms in total. The van der Waals surface area contributed by atoms with Crippen molar-refractivity contribution in [3.05, 3.63) is 47.5 Å². The van der Waals surface area contributed by atoms with Crippen molar-refractivity contribution >= 4 is 17.6 Å². The molecule has 136 valence electrons. The third-order valence-corrected chi connectivity index (χ3v) is 3.74. The second-order valence-corrected chi connectivity index (χ2v) is 5.69. The van der Waals surface area contributed by atoms with Gasteiger partial charge in [-0.15, -0.1) is 0 Å². The van der Waals surface area contributed by atoms with Crippen LogP contribution >= 0.6 is 0 Å². The first-order chi connectivity index (χ1) is 12.6. The van der Waals surface area contributed by atoms with Crippen molar-refractivity contribution in [2.24, 2.45) is 0 Å². The zero-order valence-electron chi connectivity index (χ0n) is 14.5. The third kappa shape index (κ3) is 4.05. The van der Waals surface area contributed by atoms with E-state index in [1.807, 2.05) is 13.0 Å². The molecule has 1 aliphatic heterocycles. The number of esters is 1. The number of aryl methyl sites for hydroxylation is 1. The smallest absolute Gasteiger partial charge is 0.342 e. The molecule has 2 aromatic carbocycles. The Balaban J connectivity index is 1.59. The molecule has 0 fully saturated rings. The minimum atomic E-state index is -0.622. The Morgan fingerprint density at radius 3 is 2.62 bits per heavy atom. The fourth-order valence-electron chi connectivity index (χ4n) is 2.51. The standard InChI is InChI=1S/C19H19NO6/c1-12-3-5-15(23-2)14(9-12)19(22)26-11-18(21)20-13-4-6-16-17(10-13)25-8-7-24-16/h3-6,9-10H,7-8,11H2,1-2H3,(H,20,21). The van der Waals surface area contributed by atoms with Gasteiger partial charge in [0.15, 0.2) is 18.1 Å². The van der Waals surface area contributed by atoms with Crippen molar-refractivity contribution in [3.8, 4) is 17.2 Å². The van der Waals surface area contributed by atoms with Gasteiger partial charge in [-0.1, -0.05) is 11.6 Å². The van der Waals surface area contributed by atoms with Crippen molar-refractivity contribution in [1.29, 1.82) is 0 Å². The van der Waals surface area contributed by atoms with Crippen LogP contribution in [0.1, 0.15) is 15.9 Å². The van der Waals surface area contributed by atoms with E-state index < -0.39 is 18.5 Å². The Hall–Kier alpha value is -3.22. The lowest BCUT2D eigenvalue weighted by Gasteiger charge is -2.19. The predicted octanol–water partition coefficient (Wildman–Crippen LogP) is 2.57. The molecule has 0 saturated heterocycles. The van der Waals surface area contributed by atoms with Crippen LogP contribution in [0.5, 0.6) is 17.2 Å². The lowest BCUT2D eigenvalue weighted by atomic mass is 10.1. The number of carbonyl (C=O) groups excluding carboxylic acids is 2. The summed E-state index contributed by atoms with van der Waals surface area (Å²) >= 11 is 0. The SMILES string of the molecule is COc1ccc(C)cc1C(=O)OCC(=O)Nc1ccc2c(c1)OCCO2. The molecule has 0 spiro atoms. The first kappa shape index (κ1) is 17.6. The van der Waals surface area contributed by atoms with Crippen molar-refractivity contribution in [3.63, 3.8) is 0 Å². The second kappa shape index (κ2) is 7.77. The highest BCUT2D eigenvalue weighted by Crippen LogP contribution is 2.32. The molecule has 1 aliphatic rings. The number of ether oxygens (including phenoxy) is 4. The maximum atomic E-state index is 12.2. The van der Waals surface area contributed by atoms with E-state index >= 15 is 0 Å². The summed E-state index contributed by atoms with van der Waals surface area (Å²) in [7, 11) is 1.47. The number of anilines is 1. The maximum absolute atomic E-state index is 12.2. The number of hydrogen-bond acceptors (Lipinski definition) is 6. The quantitative estimate of drug-likeness (QED) is 0.828. The second-order valence-electron chi connectivity index (χ2n) is 5.69. The molecular formula is C19H19NO6. The van der Waals surface area contributed by atoms with E-state index in [9.17, 15) is 9.59 Å². The Morgan fingerprint density at radius 1 is 1.08 bits per heavy atom. The average molecular weight is 357 g/mol. The number of fused-ring (bicyclic) bond motifs is 1. The Bertz CT molecular complexity index is 833. The summed E-state index contributed by atoms with van der Waals surface area (Å²) in [6.07, 6.45) is 0. The van der Waals surface area contributed by atoms with Crippen LogP contribution in [0.2, 0.25) is 0 Å². The molecule has 26 heavy (non-hydrogen) atoms. The normalized spacial score (nSPS) is 12.2. The van der Waals surface area contributed by atoms with Crippen LogP contribution in [0.25, 0.3) is 0 Å².